The van der Waals surface area contributed by atoms with Crippen molar-refractivity contribution >= 4 is 34.1 Å². The Hall–Kier alpha value is -3.45. The summed E-state index contributed by atoms with van der Waals surface area (Å²) in [5.74, 6) is 0.481. The Morgan fingerprint density at radius 3 is 2.73 bits per heavy atom. The van der Waals surface area contributed by atoms with E-state index in [-0.39, 0.29) is 17.9 Å². The molecule has 30 heavy (non-hydrogen) atoms. The van der Waals surface area contributed by atoms with Gasteiger partial charge >= 0.3 is 0 Å². The van der Waals surface area contributed by atoms with Crippen molar-refractivity contribution in [1.29, 1.82) is 0 Å². The van der Waals surface area contributed by atoms with Crippen molar-refractivity contribution in [2.45, 2.75) is 12.5 Å². The predicted molar refractivity (Wildman–Crippen MR) is 115 cm³/mol. The van der Waals surface area contributed by atoms with Crippen molar-refractivity contribution in [2.75, 3.05) is 37.9 Å². The molecule has 0 unspecified atom stereocenters. The molecule has 0 spiro atoms. The molecule has 2 aliphatic heterocycles. The summed E-state index contributed by atoms with van der Waals surface area (Å²) in [6.45, 7) is 1.20. The molecule has 0 radical (unpaired) electrons. The molecule has 0 bridgehead atoms. The third-order valence-corrected chi connectivity index (χ3v) is 6.11. The van der Waals surface area contributed by atoms with Crippen molar-refractivity contribution < 1.29 is 14.3 Å². The number of amides is 2. The van der Waals surface area contributed by atoms with Crippen LogP contribution < -0.4 is 10.6 Å². The third-order valence-electron chi connectivity index (χ3n) is 6.11. The van der Waals surface area contributed by atoms with E-state index in [1.807, 2.05) is 30.3 Å². The number of likely N-dealkylation sites (tertiary alicyclic amines) is 1. The minimum atomic E-state index is -0.0224. The van der Waals surface area contributed by atoms with E-state index in [9.17, 15) is 9.59 Å². The van der Waals surface area contributed by atoms with Gasteiger partial charge in [0.25, 0.3) is 5.91 Å². The summed E-state index contributed by atoms with van der Waals surface area (Å²) < 4.78 is 5.27. The van der Waals surface area contributed by atoms with Crippen LogP contribution in [0.15, 0.2) is 42.6 Å². The SMILES string of the molecule is COC1CN(C(=O)c2ccc3c(N)ncc(-c4ccc5c(c4)N(C)C(=O)C5)c3c2)C1. The molecule has 2 aliphatic rings. The van der Waals surface area contributed by atoms with Crippen LogP contribution in [-0.2, 0) is 16.0 Å². The van der Waals surface area contributed by atoms with E-state index in [0.29, 0.717) is 30.9 Å². The van der Waals surface area contributed by atoms with Crippen LogP contribution >= 0.6 is 0 Å². The van der Waals surface area contributed by atoms with Gasteiger partial charge in [-0.15, -0.1) is 0 Å². The number of rotatable bonds is 3. The molecule has 152 valence electrons. The van der Waals surface area contributed by atoms with Crippen LogP contribution in [0.2, 0.25) is 0 Å². The molecular formula is C23H22N4O3. The van der Waals surface area contributed by atoms with Crippen LogP contribution in [-0.4, -0.2) is 55.0 Å². The number of pyridine rings is 1. The van der Waals surface area contributed by atoms with Gasteiger partial charge in [0.05, 0.1) is 12.5 Å². The molecule has 2 aromatic carbocycles. The van der Waals surface area contributed by atoms with Crippen molar-refractivity contribution in [2.24, 2.45) is 0 Å². The Kier molecular flexibility index (Phi) is 4.22. The number of hydrogen-bond donors (Lipinski definition) is 1. The number of anilines is 2. The Labute approximate surface area is 174 Å². The largest absolute Gasteiger partial charge is 0.383 e. The van der Waals surface area contributed by atoms with Crippen LogP contribution in [0.25, 0.3) is 21.9 Å². The molecule has 7 heteroatoms. The van der Waals surface area contributed by atoms with E-state index in [1.165, 1.54) is 0 Å². The molecular weight excluding hydrogens is 380 g/mol. The van der Waals surface area contributed by atoms with Crippen molar-refractivity contribution in [3.8, 4) is 11.1 Å². The quantitative estimate of drug-likeness (QED) is 0.727. The number of benzene rings is 2. The normalized spacial score (nSPS) is 16.1. The highest BCUT2D eigenvalue weighted by Crippen LogP contribution is 2.36. The topological polar surface area (TPSA) is 88.8 Å². The van der Waals surface area contributed by atoms with Crippen molar-refractivity contribution in [3.63, 3.8) is 0 Å². The fraction of sp³-hybridized carbons (Fsp3) is 0.261. The molecule has 0 saturated carbocycles. The summed E-state index contributed by atoms with van der Waals surface area (Å²) in [4.78, 5) is 32.7. The van der Waals surface area contributed by atoms with E-state index in [0.717, 1.165) is 33.2 Å². The van der Waals surface area contributed by atoms with Gasteiger partial charge in [-0.05, 0) is 40.8 Å². The van der Waals surface area contributed by atoms with Gasteiger partial charge in [0, 0.05) is 55.6 Å². The smallest absolute Gasteiger partial charge is 0.254 e. The number of carbonyl (C=O) groups is 2. The first-order valence-electron chi connectivity index (χ1n) is 9.86. The zero-order valence-corrected chi connectivity index (χ0v) is 16.9. The lowest BCUT2D eigenvalue weighted by Gasteiger charge is -2.38. The number of aromatic nitrogens is 1. The van der Waals surface area contributed by atoms with Crippen LogP contribution in [0.1, 0.15) is 15.9 Å². The standard InChI is InChI=1S/C23H22N4O3/c1-26-20-8-13(3-4-14(20)9-21(26)28)19-10-25-22(24)17-6-5-15(7-18(17)19)23(29)27-11-16(12-27)30-2/h3-8,10,16H,9,11-12H2,1-2H3,(H2,24,25). The summed E-state index contributed by atoms with van der Waals surface area (Å²) in [6.07, 6.45) is 2.26. The number of methoxy groups -OCH3 is 1. The molecule has 1 saturated heterocycles. The van der Waals surface area contributed by atoms with Crippen LogP contribution in [0.3, 0.4) is 0 Å². The van der Waals surface area contributed by atoms with Gasteiger partial charge in [0.1, 0.15) is 5.82 Å². The first-order valence-corrected chi connectivity index (χ1v) is 9.86. The second-order valence-corrected chi connectivity index (χ2v) is 7.86. The average Bonchev–Trinajstić information content (AvgIpc) is 3.00. The van der Waals surface area contributed by atoms with Gasteiger partial charge in [0.15, 0.2) is 0 Å². The minimum Gasteiger partial charge on any atom is -0.383 e. The minimum absolute atomic E-state index is 0.0224. The van der Waals surface area contributed by atoms with Gasteiger partial charge < -0.3 is 20.3 Å². The number of likely N-dealkylation sites (N-methyl/N-ethyl adjacent to an activating group) is 1. The Bertz CT molecular complexity index is 1200. The van der Waals surface area contributed by atoms with Crippen molar-refractivity contribution in [1.82, 2.24) is 9.88 Å². The zero-order valence-electron chi connectivity index (χ0n) is 16.9. The highest BCUT2D eigenvalue weighted by molar-refractivity contribution is 6.07. The fourth-order valence-electron chi connectivity index (χ4n) is 4.17. The molecule has 1 fully saturated rings. The van der Waals surface area contributed by atoms with E-state index in [1.54, 1.807) is 36.2 Å². The predicted octanol–water partition coefficient (Wildman–Crippen LogP) is 2.47. The van der Waals surface area contributed by atoms with Crippen LogP contribution in [0.5, 0.6) is 0 Å². The maximum absolute atomic E-state index is 12.9. The lowest BCUT2D eigenvalue weighted by molar-refractivity contribution is -0.117. The molecule has 2 amide bonds. The van der Waals surface area contributed by atoms with E-state index in [2.05, 4.69) is 4.98 Å². The average molecular weight is 402 g/mol. The van der Waals surface area contributed by atoms with Gasteiger partial charge in [-0.3, -0.25) is 9.59 Å². The summed E-state index contributed by atoms with van der Waals surface area (Å²) in [6, 6.07) is 11.5. The molecule has 2 N–H and O–H groups in total. The Balaban J connectivity index is 1.59. The second kappa shape index (κ2) is 6.81. The van der Waals surface area contributed by atoms with Crippen molar-refractivity contribution in [3.05, 3.63) is 53.7 Å². The van der Waals surface area contributed by atoms with Crippen LogP contribution in [0, 0.1) is 0 Å². The lowest BCUT2D eigenvalue weighted by atomic mass is 9.96. The van der Waals surface area contributed by atoms with Gasteiger partial charge in [-0.2, -0.15) is 0 Å². The van der Waals surface area contributed by atoms with E-state index < -0.39 is 0 Å². The fourth-order valence-corrected chi connectivity index (χ4v) is 4.17. The number of hydrogen-bond acceptors (Lipinski definition) is 5. The first kappa shape index (κ1) is 18.6. The summed E-state index contributed by atoms with van der Waals surface area (Å²) in [5, 5.41) is 1.66. The van der Waals surface area contributed by atoms with Gasteiger partial charge in [-0.25, -0.2) is 4.98 Å². The maximum atomic E-state index is 12.9. The molecule has 1 aromatic heterocycles. The number of nitrogen functional groups attached to an aromatic ring is 1. The number of ether oxygens (including phenoxy) is 1. The number of fused-ring (bicyclic) bond motifs is 2. The van der Waals surface area contributed by atoms with E-state index >= 15 is 0 Å². The Morgan fingerprint density at radius 2 is 1.97 bits per heavy atom. The number of nitrogens with two attached hydrogens (primary N) is 1. The Morgan fingerprint density at radius 1 is 1.17 bits per heavy atom. The van der Waals surface area contributed by atoms with Gasteiger partial charge in [-0.1, -0.05) is 12.1 Å². The summed E-state index contributed by atoms with van der Waals surface area (Å²) in [5.41, 5.74) is 10.5. The first-order chi connectivity index (χ1) is 14.5. The van der Waals surface area contributed by atoms with Crippen LogP contribution in [0.4, 0.5) is 11.5 Å². The number of carbonyl (C=O) groups excluding carboxylic acids is 2. The van der Waals surface area contributed by atoms with Gasteiger partial charge in [0.2, 0.25) is 5.91 Å². The maximum Gasteiger partial charge on any atom is 0.254 e. The number of nitrogens with zero attached hydrogens (tertiary/aromatic N) is 3. The summed E-state index contributed by atoms with van der Waals surface area (Å²) >= 11 is 0. The monoisotopic (exact) mass is 402 g/mol. The summed E-state index contributed by atoms with van der Waals surface area (Å²) in [7, 11) is 3.45. The third kappa shape index (κ3) is 2.81. The molecule has 0 aliphatic carbocycles. The zero-order chi connectivity index (χ0) is 21.0. The second-order valence-electron chi connectivity index (χ2n) is 7.86. The lowest BCUT2D eigenvalue weighted by Crippen LogP contribution is -2.54. The molecule has 3 heterocycles. The molecule has 7 nitrogen and oxygen atoms in total. The highest BCUT2D eigenvalue weighted by atomic mass is 16.5. The molecule has 3 aromatic rings. The molecule has 5 rings (SSSR count). The molecule has 0 atom stereocenters. The van der Waals surface area contributed by atoms with E-state index in [4.69, 9.17) is 10.5 Å². The highest BCUT2D eigenvalue weighted by Gasteiger charge is 2.31.